The first-order chi connectivity index (χ1) is 8.83. The molecule has 94 valence electrons. The zero-order valence-electron chi connectivity index (χ0n) is 10.4. The smallest absolute Gasteiger partial charge is 0.256 e. The average Bonchev–Trinajstić information content (AvgIpc) is 2.46. The summed E-state index contributed by atoms with van der Waals surface area (Å²) >= 11 is 0. The zero-order chi connectivity index (χ0) is 12.8. The highest BCUT2D eigenvalue weighted by atomic mass is 16.5. The Morgan fingerprint density at radius 1 is 1.00 bits per heavy atom. The molecule has 0 unspecified atom stereocenters. The van der Waals surface area contributed by atoms with Gasteiger partial charge in [-0.05, 0) is 29.8 Å². The van der Waals surface area contributed by atoms with E-state index in [0.29, 0.717) is 18.2 Å². The van der Waals surface area contributed by atoms with Crippen molar-refractivity contribution in [2.24, 2.45) is 0 Å². The quantitative estimate of drug-likeness (QED) is 0.812. The maximum atomic E-state index is 5.66. The first-order valence-electron chi connectivity index (χ1n) is 5.58. The molecule has 0 aliphatic heterocycles. The summed E-state index contributed by atoms with van der Waals surface area (Å²) in [6, 6.07) is 11.4. The molecule has 0 radical (unpaired) electrons. The number of hydrogen-bond donors (Lipinski definition) is 0. The highest BCUT2D eigenvalue weighted by Crippen LogP contribution is 2.24. The SMILES string of the molecule is COc1ccc(COc2cccnc2OC)cc1. The van der Waals surface area contributed by atoms with Gasteiger partial charge in [0, 0.05) is 6.20 Å². The molecule has 0 saturated heterocycles. The van der Waals surface area contributed by atoms with Crippen molar-refractivity contribution < 1.29 is 14.2 Å². The molecule has 0 atom stereocenters. The Morgan fingerprint density at radius 2 is 1.78 bits per heavy atom. The van der Waals surface area contributed by atoms with Crippen molar-refractivity contribution in [1.82, 2.24) is 4.98 Å². The van der Waals surface area contributed by atoms with Gasteiger partial charge in [0.2, 0.25) is 0 Å². The number of ether oxygens (including phenoxy) is 3. The number of hydrogen-bond acceptors (Lipinski definition) is 4. The lowest BCUT2D eigenvalue weighted by molar-refractivity contribution is 0.279. The molecule has 0 aliphatic carbocycles. The van der Waals surface area contributed by atoms with E-state index in [0.717, 1.165) is 11.3 Å². The minimum atomic E-state index is 0.464. The topological polar surface area (TPSA) is 40.6 Å². The molecule has 4 heteroatoms. The summed E-state index contributed by atoms with van der Waals surface area (Å²) in [5.41, 5.74) is 1.06. The molecule has 2 rings (SSSR count). The Hall–Kier alpha value is -2.23. The van der Waals surface area contributed by atoms with Crippen LogP contribution in [0.5, 0.6) is 17.4 Å². The van der Waals surface area contributed by atoms with Crippen LogP contribution in [0.25, 0.3) is 0 Å². The highest BCUT2D eigenvalue weighted by Gasteiger charge is 2.04. The standard InChI is InChI=1S/C14H15NO3/c1-16-12-7-5-11(6-8-12)10-18-13-4-3-9-15-14(13)17-2/h3-9H,10H2,1-2H3. The third-order valence-corrected chi connectivity index (χ3v) is 2.48. The largest absolute Gasteiger partial charge is 0.497 e. The number of methoxy groups -OCH3 is 2. The van der Waals surface area contributed by atoms with E-state index in [9.17, 15) is 0 Å². The summed E-state index contributed by atoms with van der Waals surface area (Å²) in [6.07, 6.45) is 1.67. The van der Waals surface area contributed by atoms with Crippen molar-refractivity contribution in [3.05, 3.63) is 48.2 Å². The fraction of sp³-hybridized carbons (Fsp3) is 0.214. The predicted octanol–water partition coefficient (Wildman–Crippen LogP) is 2.68. The van der Waals surface area contributed by atoms with Crippen LogP contribution in [0.1, 0.15) is 5.56 Å². The van der Waals surface area contributed by atoms with E-state index in [1.165, 1.54) is 0 Å². The number of rotatable bonds is 5. The number of benzene rings is 1. The van der Waals surface area contributed by atoms with Gasteiger partial charge < -0.3 is 14.2 Å². The minimum Gasteiger partial charge on any atom is -0.497 e. The van der Waals surface area contributed by atoms with Crippen LogP contribution in [-0.4, -0.2) is 19.2 Å². The van der Waals surface area contributed by atoms with E-state index in [4.69, 9.17) is 14.2 Å². The number of aromatic nitrogens is 1. The van der Waals surface area contributed by atoms with Crippen molar-refractivity contribution in [3.8, 4) is 17.4 Å². The molecule has 0 spiro atoms. The van der Waals surface area contributed by atoms with E-state index in [2.05, 4.69) is 4.98 Å². The second-order valence-corrected chi connectivity index (χ2v) is 3.65. The molecule has 0 fully saturated rings. The molecule has 0 bridgehead atoms. The second kappa shape index (κ2) is 5.91. The Balaban J connectivity index is 2.02. The Morgan fingerprint density at radius 3 is 2.44 bits per heavy atom. The molecular formula is C14H15NO3. The monoisotopic (exact) mass is 245 g/mol. The third-order valence-electron chi connectivity index (χ3n) is 2.48. The molecule has 0 amide bonds. The van der Waals surface area contributed by atoms with Crippen molar-refractivity contribution in [2.45, 2.75) is 6.61 Å². The normalized spacial score (nSPS) is 9.89. The van der Waals surface area contributed by atoms with Crippen LogP contribution < -0.4 is 14.2 Å². The predicted molar refractivity (Wildman–Crippen MR) is 68.1 cm³/mol. The summed E-state index contributed by atoms with van der Waals surface area (Å²) in [4.78, 5) is 4.07. The molecule has 1 aromatic carbocycles. The van der Waals surface area contributed by atoms with Gasteiger partial charge >= 0.3 is 0 Å². The summed E-state index contributed by atoms with van der Waals surface area (Å²) in [5.74, 6) is 1.96. The first kappa shape index (κ1) is 12.2. The van der Waals surface area contributed by atoms with E-state index < -0.39 is 0 Å². The van der Waals surface area contributed by atoms with Crippen LogP contribution in [0.4, 0.5) is 0 Å². The molecule has 0 N–H and O–H groups in total. The fourth-order valence-corrected chi connectivity index (χ4v) is 1.52. The van der Waals surface area contributed by atoms with E-state index in [1.807, 2.05) is 36.4 Å². The van der Waals surface area contributed by atoms with E-state index >= 15 is 0 Å². The van der Waals surface area contributed by atoms with Crippen LogP contribution in [0.15, 0.2) is 42.6 Å². The third kappa shape index (κ3) is 2.91. The average molecular weight is 245 g/mol. The molecular weight excluding hydrogens is 230 g/mol. The van der Waals surface area contributed by atoms with E-state index in [-0.39, 0.29) is 0 Å². The number of nitrogens with zero attached hydrogens (tertiary/aromatic N) is 1. The van der Waals surface area contributed by atoms with Crippen molar-refractivity contribution >= 4 is 0 Å². The van der Waals surface area contributed by atoms with Crippen LogP contribution >= 0.6 is 0 Å². The molecule has 1 aromatic heterocycles. The Bertz CT molecular complexity index is 497. The van der Waals surface area contributed by atoms with Crippen molar-refractivity contribution in [3.63, 3.8) is 0 Å². The minimum absolute atomic E-state index is 0.464. The second-order valence-electron chi connectivity index (χ2n) is 3.65. The molecule has 1 heterocycles. The lowest BCUT2D eigenvalue weighted by atomic mass is 10.2. The molecule has 2 aromatic rings. The molecule has 4 nitrogen and oxygen atoms in total. The van der Waals surface area contributed by atoms with E-state index in [1.54, 1.807) is 20.4 Å². The van der Waals surface area contributed by atoms with Gasteiger partial charge in [-0.15, -0.1) is 0 Å². The summed E-state index contributed by atoms with van der Waals surface area (Å²) in [5, 5.41) is 0. The Kier molecular flexibility index (Phi) is 4.02. The Labute approximate surface area is 106 Å². The molecule has 18 heavy (non-hydrogen) atoms. The van der Waals surface area contributed by atoms with Gasteiger partial charge in [0.05, 0.1) is 14.2 Å². The van der Waals surface area contributed by atoms with Crippen LogP contribution in [-0.2, 0) is 6.61 Å². The van der Waals surface area contributed by atoms with Gasteiger partial charge in [0.25, 0.3) is 5.88 Å². The van der Waals surface area contributed by atoms with Gasteiger partial charge in [0.1, 0.15) is 12.4 Å². The van der Waals surface area contributed by atoms with Gasteiger partial charge in [0.15, 0.2) is 5.75 Å². The molecule has 0 saturated carbocycles. The van der Waals surface area contributed by atoms with Crippen LogP contribution in [0, 0.1) is 0 Å². The summed E-state index contributed by atoms with van der Waals surface area (Å²) < 4.78 is 15.9. The highest BCUT2D eigenvalue weighted by molar-refractivity contribution is 5.33. The van der Waals surface area contributed by atoms with Crippen molar-refractivity contribution in [2.75, 3.05) is 14.2 Å². The van der Waals surface area contributed by atoms with Gasteiger partial charge in [-0.3, -0.25) is 0 Å². The zero-order valence-corrected chi connectivity index (χ0v) is 10.4. The van der Waals surface area contributed by atoms with Crippen LogP contribution in [0.2, 0.25) is 0 Å². The number of pyridine rings is 1. The van der Waals surface area contributed by atoms with Crippen molar-refractivity contribution in [1.29, 1.82) is 0 Å². The summed E-state index contributed by atoms with van der Waals surface area (Å²) in [7, 11) is 3.22. The first-order valence-corrected chi connectivity index (χ1v) is 5.58. The molecule has 0 aliphatic rings. The van der Waals surface area contributed by atoms with Gasteiger partial charge in [-0.25, -0.2) is 4.98 Å². The summed E-state index contributed by atoms with van der Waals surface area (Å²) in [6.45, 7) is 0.464. The fourth-order valence-electron chi connectivity index (χ4n) is 1.52. The van der Waals surface area contributed by atoms with Gasteiger partial charge in [-0.2, -0.15) is 0 Å². The maximum Gasteiger partial charge on any atom is 0.256 e. The van der Waals surface area contributed by atoms with Crippen LogP contribution in [0.3, 0.4) is 0 Å². The maximum absolute atomic E-state index is 5.66. The van der Waals surface area contributed by atoms with Gasteiger partial charge in [-0.1, -0.05) is 12.1 Å². The lowest BCUT2D eigenvalue weighted by Crippen LogP contribution is -1.98. The lowest BCUT2D eigenvalue weighted by Gasteiger charge is -2.09.